The molecule has 3 rings (SSSR count). The number of furan rings is 1. The van der Waals surface area contributed by atoms with Gasteiger partial charge in [-0.1, -0.05) is 29.8 Å². The fourth-order valence-corrected chi connectivity index (χ4v) is 3.81. The molecule has 0 amide bonds. The molecule has 9 heteroatoms. The molecule has 0 radical (unpaired) electrons. The number of halogens is 1. The zero-order valence-electron chi connectivity index (χ0n) is 11.5. The number of hydrogen-bond donors (Lipinski definition) is 1. The van der Waals surface area contributed by atoms with Gasteiger partial charge >= 0.3 is 5.97 Å². The Labute approximate surface area is 140 Å². The summed E-state index contributed by atoms with van der Waals surface area (Å²) in [6.45, 7) is -0.0393. The third-order valence-corrected chi connectivity index (χ3v) is 5.47. The molecular formula is C14H10ClNO5S2. The maximum atomic E-state index is 11.9. The third-order valence-electron chi connectivity index (χ3n) is 3.00. The first-order chi connectivity index (χ1) is 10.9. The lowest BCUT2D eigenvalue weighted by Gasteiger charge is -2.01. The van der Waals surface area contributed by atoms with Gasteiger partial charge in [-0.3, -0.25) is 0 Å². The Morgan fingerprint density at radius 3 is 2.65 bits per heavy atom. The second kappa shape index (κ2) is 5.97. The van der Waals surface area contributed by atoms with Crippen molar-refractivity contribution in [2.24, 2.45) is 5.14 Å². The number of ether oxygens (including phenoxy) is 1. The van der Waals surface area contributed by atoms with E-state index in [0.29, 0.717) is 9.90 Å². The predicted molar refractivity (Wildman–Crippen MR) is 86.0 cm³/mol. The van der Waals surface area contributed by atoms with Crippen LogP contribution in [0.3, 0.4) is 0 Å². The minimum Gasteiger partial charge on any atom is -0.454 e. The standard InChI is InChI=1S/C14H10ClNO5S2/c15-13-8-3-1-2-4-10(8)22-11(13)7-20-14(17)9-5-6-12(21-9)23(16,18)19/h1-6H,7H2,(H2,16,18,19). The van der Waals surface area contributed by atoms with E-state index in [1.54, 1.807) is 0 Å². The van der Waals surface area contributed by atoms with Gasteiger partial charge in [0.1, 0.15) is 6.61 Å². The van der Waals surface area contributed by atoms with Gasteiger partial charge in [-0.2, -0.15) is 0 Å². The van der Waals surface area contributed by atoms with Crippen LogP contribution < -0.4 is 5.14 Å². The van der Waals surface area contributed by atoms with Crippen molar-refractivity contribution in [3.05, 3.63) is 52.1 Å². The minimum atomic E-state index is -4.00. The summed E-state index contributed by atoms with van der Waals surface area (Å²) in [6.07, 6.45) is 0. The molecule has 0 fully saturated rings. The first-order valence-corrected chi connectivity index (χ1v) is 9.06. The highest BCUT2D eigenvalue weighted by molar-refractivity contribution is 7.89. The summed E-state index contributed by atoms with van der Waals surface area (Å²) in [5.74, 6) is -1.04. The molecule has 2 N–H and O–H groups in total. The van der Waals surface area contributed by atoms with Crippen molar-refractivity contribution < 1.29 is 22.4 Å². The number of rotatable bonds is 4. The molecule has 3 aromatic rings. The molecule has 1 aromatic carbocycles. The van der Waals surface area contributed by atoms with E-state index in [1.165, 1.54) is 17.4 Å². The van der Waals surface area contributed by atoms with Crippen LogP contribution in [0.1, 0.15) is 15.4 Å². The SMILES string of the molecule is NS(=O)(=O)c1ccc(C(=O)OCc2sc3ccccc3c2Cl)o1. The van der Waals surface area contributed by atoms with Crippen molar-refractivity contribution in [3.8, 4) is 0 Å². The second-order valence-electron chi connectivity index (χ2n) is 4.58. The Bertz CT molecular complexity index is 990. The average Bonchev–Trinajstić information content (AvgIpc) is 3.11. The number of carbonyl (C=O) groups is 1. The fraction of sp³-hybridized carbons (Fsp3) is 0.0714. The van der Waals surface area contributed by atoms with Gasteiger partial charge in [0.15, 0.2) is 0 Å². The first-order valence-electron chi connectivity index (χ1n) is 6.32. The Morgan fingerprint density at radius 2 is 2.00 bits per heavy atom. The summed E-state index contributed by atoms with van der Waals surface area (Å²) >= 11 is 7.67. The molecule has 6 nitrogen and oxygen atoms in total. The van der Waals surface area contributed by atoms with Crippen LogP contribution >= 0.6 is 22.9 Å². The van der Waals surface area contributed by atoms with E-state index in [0.717, 1.165) is 16.2 Å². The molecule has 120 valence electrons. The largest absolute Gasteiger partial charge is 0.454 e. The monoisotopic (exact) mass is 371 g/mol. The Hall–Kier alpha value is -1.87. The van der Waals surface area contributed by atoms with Crippen LogP contribution in [0.5, 0.6) is 0 Å². The molecule has 0 bridgehead atoms. The lowest BCUT2D eigenvalue weighted by molar-refractivity contribution is 0.0434. The van der Waals surface area contributed by atoms with Gasteiger partial charge in [-0.15, -0.1) is 11.3 Å². The second-order valence-corrected chi connectivity index (χ2v) is 7.58. The highest BCUT2D eigenvalue weighted by Crippen LogP contribution is 2.35. The van der Waals surface area contributed by atoms with Gasteiger partial charge in [0.25, 0.3) is 10.0 Å². The summed E-state index contributed by atoms with van der Waals surface area (Å²) < 4.78 is 33.2. The van der Waals surface area contributed by atoms with Crippen molar-refractivity contribution in [3.63, 3.8) is 0 Å². The smallest absolute Gasteiger partial charge is 0.374 e. The van der Waals surface area contributed by atoms with Gasteiger partial charge in [-0.25, -0.2) is 18.4 Å². The maximum Gasteiger partial charge on any atom is 0.374 e. The van der Waals surface area contributed by atoms with Crippen molar-refractivity contribution in [2.45, 2.75) is 11.7 Å². The topological polar surface area (TPSA) is 99.6 Å². The van der Waals surface area contributed by atoms with E-state index < -0.39 is 21.1 Å². The number of primary sulfonamides is 1. The van der Waals surface area contributed by atoms with Crippen LogP contribution in [0, 0.1) is 0 Å². The number of benzene rings is 1. The number of carbonyl (C=O) groups excluding carboxylic acids is 1. The molecule has 2 aromatic heterocycles. The summed E-state index contributed by atoms with van der Waals surface area (Å²) in [6, 6.07) is 9.84. The maximum absolute atomic E-state index is 11.9. The molecule has 0 aliphatic carbocycles. The fourth-order valence-electron chi connectivity index (χ4n) is 1.94. The van der Waals surface area contributed by atoms with E-state index in [9.17, 15) is 13.2 Å². The van der Waals surface area contributed by atoms with Crippen LogP contribution in [0.25, 0.3) is 10.1 Å². The number of fused-ring (bicyclic) bond motifs is 1. The van der Waals surface area contributed by atoms with Crippen LogP contribution in [0.15, 0.2) is 45.9 Å². The molecule has 0 saturated carbocycles. The van der Waals surface area contributed by atoms with Crippen molar-refractivity contribution >= 4 is 49.0 Å². The molecule has 0 spiro atoms. The molecule has 0 unspecified atom stereocenters. The third kappa shape index (κ3) is 3.25. The van der Waals surface area contributed by atoms with Gasteiger partial charge in [0.05, 0.1) is 9.90 Å². The lowest BCUT2D eigenvalue weighted by atomic mass is 10.2. The summed E-state index contributed by atoms with van der Waals surface area (Å²) in [5, 5.41) is 5.83. The number of sulfonamides is 1. The van der Waals surface area contributed by atoms with E-state index in [4.69, 9.17) is 25.9 Å². The van der Waals surface area contributed by atoms with E-state index in [2.05, 4.69) is 0 Å². The molecule has 0 aliphatic rings. The number of thiophene rings is 1. The number of hydrogen-bond acceptors (Lipinski definition) is 6. The molecular weight excluding hydrogens is 362 g/mol. The van der Waals surface area contributed by atoms with Crippen molar-refractivity contribution in [1.82, 2.24) is 0 Å². The molecule has 0 aliphatic heterocycles. The van der Waals surface area contributed by atoms with Crippen molar-refractivity contribution in [1.29, 1.82) is 0 Å². The lowest BCUT2D eigenvalue weighted by Crippen LogP contribution is -2.11. The quantitative estimate of drug-likeness (QED) is 0.710. The highest BCUT2D eigenvalue weighted by Gasteiger charge is 2.19. The Kier molecular flexibility index (Phi) is 4.15. The van der Waals surface area contributed by atoms with Gasteiger partial charge in [-0.05, 0) is 18.2 Å². The summed E-state index contributed by atoms with van der Waals surface area (Å²) in [4.78, 5) is 12.6. The molecule has 2 heterocycles. The van der Waals surface area contributed by atoms with Gasteiger partial charge in [0, 0.05) is 10.1 Å². The first kappa shape index (κ1) is 16.0. The van der Waals surface area contributed by atoms with E-state index >= 15 is 0 Å². The van der Waals surface area contributed by atoms with Crippen LogP contribution in [-0.2, 0) is 21.4 Å². The van der Waals surface area contributed by atoms with Gasteiger partial charge in [0.2, 0.25) is 10.9 Å². The molecule has 0 atom stereocenters. The van der Waals surface area contributed by atoms with Gasteiger partial charge < -0.3 is 9.15 Å². The zero-order chi connectivity index (χ0) is 16.6. The van der Waals surface area contributed by atoms with E-state index in [-0.39, 0.29) is 12.4 Å². The van der Waals surface area contributed by atoms with E-state index in [1.807, 2.05) is 24.3 Å². The Morgan fingerprint density at radius 1 is 1.26 bits per heavy atom. The van der Waals surface area contributed by atoms with Crippen LogP contribution in [-0.4, -0.2) is 14.4 Å². The van der Waals surface area contributed by atoms with Crippen LogP contribution in [0.2, 0.25) is 5.02 Å². The molecule has 0 saturated heterocycles. The Balaban J connectivity index is 1.76. The number of nitrogens with two attached hydrogens (primary N) is 1. The number of esters is 1. The average molecular weight is 372 g/mol. The summed E-state index contributed by atoms with van der Waals surface area (Å²) in [5.41, 5.74) is 0. The van der Waals surface area contributed by atoms with Crippen molar-refractivity contribution in [2.75, 3.05) is 0 Å². The normalized spacial score (nSPS) is 11.7. The van der Waals surface area contributed by atoms with Crippen LogP contribution in [0.4, 0.5) is 0 Å². The summed E-state index contributed by atoms with van der Waals surface area (Å²) in [7, 11) is -4.00. The predicted octanol–water partition coefficient (Wildman–Crippen LogP) is 3.15. The molecule has 23 heavy (non-hydrogen) atoms. The zero-order valence-corrected chi connectivity index (χ0v) is 13.9. The minimum absolute atomic E-state index is 0.0393. The highest BCUT2D eigenvalue weighted by atomic mass is 35.5.